The summed E-state index contributed by atoms with van der Waals surface area (Å²) in [4.78, 5) is 0. The van der Waals surface area contributed by atoms with E-state index in [1.807, 2.05) is 48.5 Å². The summed E-state index contributed by atoms with van der Waals surface area (Å²) in [6.45, 7) is 3.10. The maximum atomic E-state index is 8.09. The highest BCUT2D eigenvalue weighted by Gasteiger charge is 2.26. The lowest BCUT2D eigenvalue weighted by molar-refractivity contribution is 0.494. The van der Waals surface area contributed by atoms with Gasteiger partial charge in [-0.25, -0.2) is 0 Å². The van der Waals surface area contributed by atoms with Crippen molar-refractivity contribution in [1.29, 1.82) is 5.41 Å². The van der Waals surface area contributed by atoms with Crippen LogP contribution in [-0.2, 0) is 0 Å². The van der Waals surface area contributed by atoms with E-state index >= 15 is 0 Å². The van der Waals surface area contributed by atoms with E-state index in [4.69, 9.17) is 11.1 Å². The fourth-order valence-electron chi connectivity index (χ4n) is 2.73. The molecule has 2 unspecified atom stereocenters. The molecule has 0 aliphatic rings. The Morgan fingerprint density at radius 2 is 1.55 bits per heavy atom. The molecule has 0 bridgehead atoms. The molecule has 0 saturated heterocycles. The van der Waals surface area contributed by atoms with Crippen molar-refractivity contribution in [2.45, 2.75) is 31.7 Å². The second-order valence-electron chi connectivity index (χ2n) is 5.54. The van der Waals surface area contributed by atoms with E-state index in [9.17, 15) is 0 Å². The number of hydrogen-bond acceptors (Lipinski definition) is 2. The van der Waals surface area contributed by atoms with Gasteiger partial charge in [-0.3, -0.25) is 5.41 Å². The van der Waals surface area contributed by atoms with E-state index in [-0.39, 0.29) is 17.8 Å². The molecule has 22 heavy (non-hydrogen) atoms. The average molecular weight is 295 g/mol. The van der Waals surface area contributed by atoms with Crippen LogP contribution < -0.4 is 11.1 Å². The minimum absolute atomic E-state index is 0.0210. The van der Waals surface area contributed by atoms with Gasteiger partial charge in [-0.15, -0.1) is 0 Å². The molecule has 3 heteroatoms. The molecule has 2 rings (SSSR count). The lowest BCUT2D eigenvalue weighted by atomic mass is 9.86. The molecule has 2 aromatic rings. The van der Waals surface area contributed by atoms with Gasteiger partial charge in [0.1, 0.15) is 5.84 Å². The van der Waals surface area contributed by atoms with E-state index < -0.39 is 0 Å². The monoisotopic (exact) mass is 295 g/mol. The van der Waals surface area contributed by atoms with Crippen molar-refractivity contribution < 1.29 is 0 Å². The maximum Gasteiger partial charge on any atom is 0.100 e. The van der Waals surface area contributed by atoms with Gasteiger partial charge in [0, 0.05) is 6.04 Å². The van der Waals surface area contributed by atoms with Gasteiger partial charge in [-0.2, -0.15) is 0 Å². The zero-order valence-electron chi connectivity index (χ0n) is 13.1. The topological polar surface area (TPSA) is 61.9 Å². The Bertz CT molecular complexity index is 566. The summed E-state index contributed by atoms with van der Waals surface area (Å²) in [6.07, 6.45) is 2.26. The molecule has 0 amide bonds. The normalized spacial score (nSPS) is 13.5. The number of nitrogens with one attached hydrogen (secondary N) is 2. The second kappa shape index (κ2) is 8.35. The molecule has 4 N–H and O–H groups in total. The van der Waals surface area contributed by atoms with Crippen LogP contribution in [0.15, 0.2) is 60.7 Å². The molecule has 2 atom stereocenters. The molecule has 0 heterocycles. The molecule has 0 spiro atoms. The Morgan fingerprint density at radius 3 is 2.05 bits per heavy atom. The van der Waals surface area contributed by atoms with Crippen molar-refractivity contribution in [1.82, 2.24) is 5.32 Å². The van der Waals surface area contributed by atoms with Gasteiger partial charge in [0.15, 0.2) is 0 Å². The summed E-state index contributed by atoms with van der Waals surface area (Å²) in [5, 5.41) is 11.7. The van der Waals surface area contributed by atoms with Crippen LogP contribution in [0.3, 0.4) is 0 Å². The summed E-state index contributed by atoms with van der Waals surface area (Å²) in [5.41, 5.74) is 8.20. The zero-order chi connectivity index (χ0) is 15.8. The fraction of sp³-hybridized carbons (Fsp3) is 0.316. The highest BCUT2D eigenvalue weighted by molar-refractivity contribution is 5.85. The second-order valence-corrected chi connectivity index (χ2v) is 5.54. The number of amidine groups is 1. The minimum atomic E-state index is -0.152. The SMILES string of the molecule is CCCCNC(c1ccccc1)C(C(=N)N)c1ccccc1. The lowest BCUT2D eigenvalue weighted by Crippen LogP contribution is -2.35. The zero-order valence-corrected chi connectivity index (χ0v) is 13.1. The van der Waals surface area contributed by atoms with Gasteiger partial charge in [0.05, 0.1) is 5.92 Å². The molecule has 0 saturated carbocycles. The highest BCUT2D eigenvalue weighted by Crippen LogP contribution is 2.31. The van der Waals surface area contributed by atoms with Crippen LogP contribution in [0, 0.1) is 5.41 Å². The van der Waals surface area contributed by atoms with Crippen molar-refractivity contribution in [2.24, 2.45) is 5.73 Å². The van der Waals surface area contributed by atoms with Crippen LogP contribution in [0.4, 0.5) is 0 Å². The Labute approximate surface area is 133 Å². The van der Waals surface area contributed by atoms with Gasteiger partial charge in [-0.05, 0) is 24.1 Å². The van der Waals surface area contributed by atoms with Gasteiger partial charge in [0.25, 0.3) is 0 Å². The third kappa shape index (κ3) is 4.18. The van der Waals surface area contributed by atoms with Crippen molar-refractivity contribution in [2.75, 3.05) is 6.54 Å². The van der Waals surface area contributed by atoms with Crippen LogP contribution in [0.5, 0.6) is 0 Å². The molecular formula is C19H25N3. The van der Waals surface area contributed by atoms with Crippen LogP contribution in [0.1, 0.15) is 42.9 Å². The van der Waals surface area contributed by atoms with Gasteiger partial charge < -0.3 is 11.1 Å². The number of hydrogen-bond donors (Lipinski definition) is 3. The van der Waals surface area contributed by atoms with Crippen molar-refractivity contribution in [3.63, 3.8) is 0 Å². The molecule has 2 aromatic carbocycles. The van der Waals surface area contributed by atoms with E-state index in [1.165, 1.54) is 5.56 Å². The Kier molecular flexibility index (Phi) is 6.16. The number of benzene rings is 2. The molecule has 0 aliphatic heterocycles. The summed E-state index contributed by atoms with van der Waals surface area (Å²) < 4.78 is 0. The molecular weight excluding hydrogens is 270 g/mol. The smallest absolute Gasteiger partial charge is 0.100 e. The predicted octanol–water partition coefficient (Wildman–Crippen LogP) is 3.84. The Balaban J connectivity index is 2.34. The van der Waals surface area contributed by atoms with Crippen LogP contribution in [-0.4, -0.2) is 12.4 Å². The van der Waals surface area contributed by atoms with Gasteiger partial charge in [-0.1, -0.05) is 74.0 Å². The predicted molar refractivity (Wildman–Crippen MR) is 93.2 cm³/mol. The summed E-state index contributed by atoms with van der Waals surface area (Å²) in [5.74, 6) is 0.0458. The quantitative estimate of drug-likeness (QED) is 0.394. The lowest BCUT2D eigenvalue weighted by Gasteiger charge is -2.28. The van der Waals surface area contributed by atoms with Gasteiger partial charge in [0.2, 0.25) is 0 Å². The van der Waals surface area contributed by atoms with E-state index in [0.717, 1.165) is 24.9 Å². The number of unbranched alkanes of at least 4 members (excludes halogenated alkanes) is 1. The van der Waals surface area contributed by atoms with Crippen LogP contribution in [0.25, 0.3) is 0 Å². The average Bonchev–Trinajstić information content (AvgIpc) is 2.55. The first-order valence-electron chi connectivity index (χ1n) is 7.91. The maximum absolute atomic E-state index is 8.09. The van der Waals surface area contributed by atoms with Crippen molar-refractivity contribution in [3.05, 3.63) is 71.8 Å². The third-order valence-electron chi connectivity index (χ3n) is 3.88. The fourth-order valence-corrected chi connectivity index (χ4v) is 2.73. The standard InChI is InChI=1S/C19H25N3/c1-2-3-14-22-18(16-12-8-5-9-13-16)17(19(20)21)15-10-6-4-7-11-15/h4-13,17-18,22H,2-3,14H2,1H3,(H3,20,21). The van der Waals surface area contributed by atoms with Crippen molar-refractivity contribution in [3.8, 4) is 0 Å². The largest absolute Gasteiger partial charge is 0.387 e. The van der Waals surface area contributed by atoms with E-state index in [1.54, 1.807) is 0 Å². The van der Waals surface area contributed by atoms with Crippen molar-refractivity contribution >= 4 is 5.84 Å². The van der Waals surface area contributed by atoms with E-state index in [0.29, 0.717) is 0 Å². The number of nitrogens with two attached hydrogens (primary N) is 1. The third-order valence-corrected chi connectivity index (χ3v) is 3.88. The molecule has 0 fully saturated rings. The molecule has 0 radical (unpaired) electrons. The Morgan fingerprint density at radius 1 is 1.00 bits per heavy atom. The van der Waals surface area contributed by atoms with Gasteiger partial charge >= 0.3 is 0 Å². The number of rotatable bonds is 8. The summed E-state index contributed by atoms with van der Waals surface area (Å²) in [7, 11) is 0. The first-order valence-corrected chi connectivity index (χ1v) is 7.91. The van der Waals surface area contributed by atoms with Crippen LogP contribution >= 0.6 is 0 Å². The first-order chi connectivity index (χ1) is 10.7. The minimum Gasteiger partial charge on any atom is -0.387 e. The summed E-state index contributed by atoms with van der Waals surface area (Å²) in [6, 6.07) is 20.4. The van der Waals surface area contributed by atoms with Crippen LogP contribution in [0.2, 0.25) is 0 Å². The Hall–Kier alpha value is -2.13. The molecule has 0 aliphatic carbocycles. The molecule has 3 nitrogen and oxygen atoms in total. The van der Waals surface area contributed by atoms with E-state index in [2.05, 4.69) is 24.4 Å². The first kappa shape index (κ1) is 16.2. The molecule has 116 valence electrons. The highest BCUT2D eigenvalue weighted by atomic mass is 14.9. The molecule has 0 aromatic heterocycles. The summed E-state index contributed by atoms with van der Waals surface area (Å²) >= 11 is 0.